The summed E-state index contributed by atoms with van der Waals surface area (Å²) in [5.74, 6) is -0.814. The van der Waals surface area contributed by atoms with Gasteiger partial charge in [0, 0.05) is 5.69 Å². The third-order valence-corrected chi connectivity index (χ3v) is 3.01. The van der Waals surface area contributed by atoms with Crippen LogP contribution in [0.1, 0.15) is 27.0 Å². The predicted molar refractivity (Wildman–Crippen MR) is 75.8 cm³/mol. The standard InChI is InChI=1S/C16H16FNO2/c1-10-5-12(8-15(18)6-10)16(19)20-9-13-7-14(17)4-3-11(13)2/h3-8H,9,18H2,1-2H3. The van der Waals surface area contributed by atoms with Crippen molar-refractivity contribution < 1.29 is 13.9 Å². The van der Waals surface area contributed by atoms with E-state index in [1.54, 1.807) is 24.3 Å². The number of nitrogen functional groups attached to an aromatic ring is 1. The SMILES string of the molecule is Cc1cc(N)cc(C(=O)OCc2cc(F)ccc2C)c1. The summed E-state index contributed by atoms with van der Waals surface area (Å²) < 4.78 is 18.3. The van der Waals surface area contributed by atoms with Gasteiger partial charge in [0.2, 0.25) is 0 Å². The Balaban J connectivity index is 2.10. The molecule has 3 nitrogen and oxygen atoms in total. The molecule has 0 saturated carbocycles. The third kappa shape index (κ3) is 3.35. The van der Waals surface area contributed by atoms with Gasteiger partial charge in [-0.05, 0) is 60.9 Å². The molecule has 2 aromatic rings. The van der Waals surface area contributed by atoms with Crippen LogP contribution in [0.4, 0.5) is 10.1 Å². The van der Waals surface area contributed by atoms with Crippen LogP contribution < -0.4 is 5.73 Å². The summed E-state index contributed by atoms with van der Waals surface area (Å²) in [6.07, 6.45) is 0. The largest absolute Gasteiger partial charge is 0.457 e. The monoisotopic (exact) mass is 273 g/mol. The summed E-state index contributed by atoms with van der Waals surface area (Å²) in [5.41, 5.74) is 9.02. The van der Waals surface area contributed by atoms with Gasteiger partial charge >= 0.3 is 5.97 Å². The van der Waals surface area contributed by atoms with Crippen molar-refractivity contribution in [2.75, 3.05) is 5.73 Å². The van der Waals surface area contributed by atoms with Crippen molar-refractivity contribution in [2.24, 2.45) is 0 Å². The van der Waals surface area contributed by atoms with Gasteiger partial charge in [0.1, 0.15) is 12.4 Å². The van der Waals surface area contributed by atoms with Gasteiger partial charge in [-0.2, -0.15) is 0 Å². The van der Waals surface area contributed by atoms with Gasteiger partial charge in [-0.3, -0.25) is 0 Å². The zero-order chi connectivity index (χ0) is 14.7. The van der Waals surface area contributed by atoms with E-state index in [-0.39, 0.29) is 12.4 Å². The lowest BCUT2D eigenvalue weighted by Gasteiger charge is -2.09. The van der Waals surface area contributed by atoms with Gasteiger partial charge in [-0.25, -0.2) is 9.18 Å². The fraction of sp³-hybridized carbons (Fsp3) is 0.188. The maximum atomic E-state index is 13.1. The first-order valence-electron chi connectivity index (χ1n) is 6.25. The molecule has 0 aliphatic heterocycles. The summed E-state index contributed by atoms with van der Waals surface area (Å²) in [6, 6.07) is 9.44. The Labute approximate surface area is 117 Å². The first-order valence-corrected chi connectivity index (χ1v) is 6.25. The number of hydrogen-bond acceptors (Lipinski definition) is 3. The van der Waals surface area contributed by atoms with Crippen molar-refractivity contribution in [1.29, 1.82) is 0 Å². The minimum Gasteiger partial charge on any atom is -0.457 e. The number of hydrogen-bond donors (Lipinski definition) is 1. The molecule has 0 atom stereocenters. The van der Waals surface area contributed by atoms with E-state index in [4.69, 9.17) is 10.5 Å². The summed E-state index contributed by atoms with van der Waals surface area (Å²) in [7, 11) is 0. The van der Waals surface area contributed by atoms with Gasteiger partial charge in [0.15, 0.2) is 0 Å². The molecule has 0 aliphatic carbocycles. The van der Waals surface area contributed by atoms with Crippen LogP contribution in [0.3, 0.4) is 0 Å². The summed E-state index contributed by atoms with van der Waals surface area (Å²) in [6.45, 7) is 3.73. The van der Waals surface area contributed by atoms with Crippen molar-refractivity contribution in [3.05, 3.63) is 64.5 Å². The quantitative estimate of drug-likeness (QED) is 0.689. The fourth-order valence-electron chi connectivity index (χ4n) is 1.95. The summed E-state index contributed by atoms with van der Waals surface area (Å²) >= 11 is 0. The average Bonchev–Trinajstić information content (AvgIpc) is 2.38. The van der Waals surface area contributed by atoms with Gasteiger partial charge in [-0.1, -0.05) is 6.07 Å². The molecule has 2 rings (SSSR count). The molecule has 4 heteroatoms. The highest BCUT2D eigenvalue weighted by molar-refractivity contribution is 5.90. The van der Waals surface area contributed by atoms with Gasteiger partial charge in [0.25, 0.3) is 0 Å². The second-order valence-electron chi connectivity index (χ2n) is 4.78. The lowest BCUT2D eigenvalue weighted by molar-refractivity contribution is 0.0471. The number of aryl methyl sites for hydroxylation is 2. The molecule has 0 fully saturated rings. The van der Waals surface area contributed by atoms with E-state index in [1.807, 2.05) is 13.8 Å². The van der Waals surface area contributed by atoms with E-state index in [1.165, 1.54) is 12.1 Å². The van der Waals surface area contributed by atoms with Crippen molar-refractivity contribution >= 4 is 11.7 Å². The van der Waals surface area contributed by atoms with Crippen molar-refractivity contribution in [2.45, 2.75) is 20.5 Å². The minimum atomic E-state index is -0.468. The van der Waals surface area contributed by atoms with Gasteiger partial charge in [0.05, 0.1) is 5.56 Å². The second-order valence-corrected chi connectivity index (χ2v) is 4.78. The number of ether oxygens (including phenoxy) is 1. The van der Waals surface area contributed by atoms with Crippen LogP contribution in [0.25, 0.3) is 0 Å². The van der Waals surface area contributed by atoms with E-state index in [0.717, 1.165) is 11.1 Å². The molecule has 0 unspecified atom stereocenters. The van der Waals surface area contributed by atoms with Crippen LogP contribution in [0.2, 0.25) is 0 Å². The molecule has 0 aliphatic rings. The Morgan fingerprint density at radius 3 is 2.65 bits per heavy atom. The molecule has 0 bridgehead atoms. The van der Waals surface area contributed by atoms with Crippen LogP contribution in [0.15, 0.2) is 36.4 Å². The Hall–Kier alpha value is -2.36. The Morgan fingerprint density at radius 2 is 1.95 bits per heavy atom. The van der Waals surface area contributed by atoms with Crippen molar-refractivity contribution in [3.8, 4) is 0 Å². The molecule has 0 spiro atoms. The topological polar surface area (TPSA) is 52.3 Å². The normalized spacial score (nSPS) is 10.3. The molecular weight excluding hydrogens is 257 g/mol. The van der Waals surface area contributed by atoms with E-state index in [2.05, 4.69) is 0 Å². The molecule has 0 amide bonds. The molecular formula is C16H16FNO2. The highest BCUT2D eigenvalue weighted by Gasteiger charge is 2.10. The maximum absolute atomic E-state index is 13.1. The van der Waals surface area contributed by atoms with Crippen LogP contribution in [-0.4, -0.2) is 5.97 Å². The zero-order valence-electron chi connectivity index (χ0n) is 11.4. The number of esters is 1. The molecule has 2 N–H and O–H groups in total. The number of carbonyl (C=O) groups is 1. The molecule has 0 aromatic heterocycles. The minimum absolute atomic E-state index is 0.0380. The first-order chi connectivity index (χ1) is 9.45. The average molecular weight is 273 g/mol. The van der Waals surface area contributed by atoms with E-state index in [0.29, 0.717) is 16.8 Å². The van der Waals surface area contributed by atoms with Crippen LogP contribution in [-0.2, 0) is 11.3 Å². The lowest BCUT2D eigenvalue weighted by Crippen LogP contribution is -2.07. The van der Waals surface area contributed by atoms with Crippen LogP contribution >= 0.6 is 0 Å². The predicted octanol–water partition coefficient (Wildman–Crippen LogP) is 3.38. The number of nitrogens with two attached hydrogens (primary N) is 1. The maximum Gasteiger partial charge on any atom is 0.338 e. The van der Waals surface area contributed by atoms with E-state index < -0.39 is 5.97 Å². The number of carbonyl (C=O) groups excluding carboxylic acids is 1. The van der Waals surface area contributed by atoms with Crippen LogP contribution in [0.5, 0.6) is 0 Å². The lowest BCUT2D eigenvalue weighted by atomic mass is 10.1. The molecule has 2 aromatic carbocycles. The van der Waals surface area contributed by atoms with Gasteiger partial charge in [-0.15, -0.1) is 0 Å². The Morgan fingerprint density at radius 1 is 1.20 bits per heavy atom. The first kappa shape index (κ1) is 14.1. The Kier molecular flexibility index (Phi) is 4.03. The summed E-state index contributed by atoms with van der Waals surface area (Å²) in [4.78, 5) is 11.9. The summed E-state index contributed by atoms with van der Waals surface area (Å²) in [5, 5.41) is 0. The number of rotatable bonds is 3. The van der Waals surface area contributed by atoms with E-state index in [9.17, 15) is 9.18 Å². The highest BCUT2D eigenvalue weighted by atomic mass is 19.1. The van der Waals surface area contributed by atoms with Crippen molar-refractivity contribution in [3.63, 3.8) is 0 Å². The highest BCUT2D eigenvalue weighted by Crippen LogP contribution is 2.15. The molecule has 0 saturated heterocycles. The second kappa shape index (κ2) is 5.74. The molecule has 0 radical (unpaired) electrons. The van der Waals surface area contributed by atoms with Crippen molar-refractivity contribution in [1.82, 2.24) is 0 Å². The number of halogens is 1. The number of anilines is 1. The Bertz CT molecular complexity index is 633. The zero-order valence-corrected chi connectivity index (χ0v) is 11.4. The third-order valence-electron chi connectivity index (χ3n) is 3.01. The molecule has 0 heterocycles. The van der Waals surface area contributed by atoms with E-state index >= 15 is 0 Å². The van der Waals surface area contributed by atoms with Gasteiger partial charge < -0.3 is 10.5 Å². The smallest absolute Gasteiger partial charge is 0.338 e. The molecule has 104 valence electrons. The molecule has 20 heavy (non-hydrogen) atoms. The fourth-order valence-corrected chi connectivity index (χ4v) is 1.95. The number of benzene rings is 2. The van der Waals surface area contributed by atoms with Crippen LogP contribution in [0, 0.1) is 19.7 Å².